The number of alkyl halides is 7. The van der Waals surface area contributed by atoms with E-state index >= 15 is 0 Å². The number of piperazine rings is 2. The van der Waals surface area contributed by atoms with Crippen molar-refractivity contribution in [1.29, 1.82) is 10.5 Å². The molecule has 4 atom stereocenters. The van der Waals surface area contributed by atoms with Gasteiger partial charge in [0.15, 0.2) is 0 Å². The van der Waals surface area contributed by atoms with E-state index in [0.29, 0.717) is 69.5 Å². The van der Waals surface area contributed by atoms with Crippen LogP contribution in [0.1, 0.15) is 81.9 Å². The Hall–Kier alpha value is -6.26. The molecule has 8 aromatic rings. The molecule has 14 rings (SSSR count). The fourth-order valence-electron chi connectivity index (χ4n) is 14.9. The molecule has 0 spiro atoms. The van der Waals surface area contributed by atoms with Gasteiger partial charge in [0.05, 0.1) is 29.4 Å². The van der Waals surface area contributed by atoms with Crippen molar-refractivity contribution in [3.8, 4) is 12.1 Å². The van der Waals surface area contributed by atoms with Crippen LogP contribution in [0.2, 0.25) is 0 Å². The monoisotopic (exact) mass is 1470 g/mol. The van der Waals surface area contributed by atoms with Crippen LogP contribution in [0.3, 0.4) is 0 Å². The van der Waals surface area contributed by atoms with Crippen LogP contribution in [0, 0.1) is 36.5 Å². The topological polar surface area (TPSA) is 230 Å². The minimum Gasteiger partial charge on any atom is -0.367 e. The second-order valence-corrected chi connectivity index (χ2v) is 33.5. The molecule has 2 aromatic carbocycles. The standard InChI is InChI=1S/C33H37F3N8O2S2.C31H35F3N8S.C2H4Cl2O2S/c1-3-48(45,46)44-19-25-12-26(44)18-42(25)10-11-43-24(16-37)13-28-21(2)22(4-5-30(28)43)17-41-8-6-23(7-9-41)40-31-29-14-27(15-33(34,35)36)47-32(29)39-20-38-31;1-19-20(2-3-28-26(19)11-23(14-35)42(28)9-8-41-17-22-10-24(41)15-36-22)16-40-6-4-21(5-7-40)39-29-27-12-25(13-31(32,33)34)43-30(27)38-18-37-29;3-1-2-7(4,5)6/h3-5,13-14,20,23,25-26H,1,6-12,15,17-19H2,2H3,(H,38,39,40);2-3,11-12,18,21-22,24,36H,4-10,13,15-17H2,1H3,(H,37,38,39);1-2H2. The van der Waals surface area contributed by atoms with Gasteiger partial charge in [-0.1, -0.05) is 18.7 Å². The Labute approximate surface area is 582 Å². The van der Waals surface area contributed by atoms with Crippen LogP contribution in [-0.2, 0) is 58.1 Å². The van der Waals surface area contributed by atoms with Gasteiger partial charge < -0.3 is 25.1 Å². The van der Waals surface area contributed by atoms with Gasteiger partial charge in [0.2, 0.25) is 19.1 Å². The van der Waals surface area contributed by atoms with E-state index in [4.69, 9.17) is 22.3 Å². The molecule has 0 aliphatic carbocycles. The first-order valence-electron chi connectivity index (χ1n) is 32.7. The zero-order chi connectivity index (χ0) is 69.4. The Bertz CT molecular complexity index is 4560. The zero-order valence-electron chi connectivity index (χ0n) is 54.1. The van der Waals surface area contributed by atoms with E-state index in [1.165, 1.54) is 35.8 Å². The molecule has 32 heteroatoms. The third-order valence-electron chi connectivity index (χ3n) is 19.9. The Morgan fingerprint density at radius 1 is 0.653 bits per heavy atom. The number of aromatic nitrogens is 6. The van der Waals surface area contributed by atoms with E-state index < -0.39 is 44.3 Å². The molecular formula is C66H76Cl2F6N16O4S4. The number of aryl methyl sites for hydroxylation is 2. The quantitative estimate of drug-likeness (QED) is 0.0366. The third-order valence-corrected chi connectivity index (χ3v) is 25.0. The summed E-state index contributed by atoms with van der Waals surface area (Å²) in [7, 11) is -2.03. The fourth-order valence-corrected chi connectivity index (χ4v) is 19.3. The van der Waals surface area contributed by atoms with Crippen LogP contribution in [0.15, 0.2) is 73.2 Å². The second kappa shape index (κ2) is 29.7. The van der Waals surface area contributed by atoms with E-state index in [1.807, 2.05) is 6.07 Å². The fraction of sp³-hybridized carbons (Fsp3) is 0.515. The van der Waals surface area contributed by atoms with Gasteiger partial charge in [-0.25, -0.2) is 36.8 Å². The van der Waals surface area contributed by atoms with Gasteiger partial charge in [-0.2, -0.15) is 41.2 Å². The Balaban J connectivity index is 0.000000171. The SMILES string of the molecule is C=CS(=O)(=O)N1CC2CC1CN2CCn1c(C#N)cc2c(C)c(CN3CCC(Nc4ncnc5sc(CC(F)(F)F)cc45)CC3)ccc21.Cc1c(CN2CCC(Nc3ncnc4sc(CC(F)(F)F)cc34)CC2)ccc2c1cc(C#N)n2CCN1CC2CC1CN2.O=S(=O)(Cl)CCCl. The molecule has 12 heterocycles. The van der Waals surface area contributed by atoms with Crippen molar-refractivity contribution in [3.63, 3.8) is 0 Å². The molecule has 6 aromatic heterocycles. The van der Waals surface area contributed by atoms with Gasteiger partial charge in [-0.3, -0.25) is 19.6 Å². The Morgan fingerprint density at radius 2 is 1.13 bits per heavy atom. The number of thiophene rings is 2. The maximum Gasteiger partial charge on any atom is 0.393 e. The van der Waals surface area contributed by atoms with E-state index in [-0.39, 0.29) is 45.6 Å². The molecule has 20 nitrogen and oxygen atoms in total. The minimum absolute atomic E-state index is 0.0235. The summed E-state index contributed by atoms with van der Waals surface area (Å²) in [6.07, 6.45) is -1.97. The van der Waals surface area contributed by atoms with Gasteiger partial charge in [0, 0.05) is 181 Å². The van der Waals surface area contributed by atoms with E-state index in [9.17, 15) is 53.7 Å². The largest absolute Gasteiger partial charge is 0.393 e. The molecule has 4 bridgehead atoms. The van der Waals surface area contributed by atoms with Crippen LogP contribution in [-0.4, -0.2) is 195 Å². The maximum atomic E-state index is 12.9. The number of hydrogen-bond acceptors (Lipinski definition) is 19. The minimum atomic E-state index is -4.27. The van der Waals surface area contributed by atoms with Crippen molar-refractivity contribution in [2.24, 2.45) is 0 Å². The average molecular weight is 1470 g/mol. The van der Waals surface area contributed by atoms with Crippen molar-refractivity contribution in [2.45, 2.75) is 140 Å². The number of sulfonamides is 1. The molecular weight excluding hydrogens is 1390 g/mol. The first kappa shape index (κ1) is 71.6. The number of piperidine rings is 2. The van der Waals surface area contributed by atoms with Gasteiger partial charge in [0.25, 0.3) is 0 Å². The summed E-state index contributed by atoms with van der Waals surface area (Å²) < 4.78 is 128. The number of nitrogens with zero attached hydrogens (tertiary/aromatic N) is 13. The lowest BCUT2D eigenvalue weighted by atomic mass is 10.0. The van der Waals surface area contributed by atoms with Crippen molar-refractivity contribution < 1.29 is 43.2 Å². The summed E-state index contributed by atoms with van der Waals surface area (Å²) in [4.78, 5) is 28.5. The van der Waals surface area contributed by atoms with E-state index in [2.05, 4.69) is 128 Å². The third kappa shape index (κ3) is 16.7. The molecule has 524 valence electrons. The summed E-state index contributed by atoms with van der Waals surface area (Å²) in [5, 5.41) is 35.0. The molecule has 6 fully saturated rings. The summed E-state index contributed by atoms with van der Waals surface area (Å²) >= 11 is 7.15. The molecule has 3 N–H and O–H groups in total. The van der Waals surface area contributed by atoms with Crippen LogP contribution >= 0.6 is 45.0 Å². The number of likely N-dealkylation sites (tertiary alicyclic amines) is 4. The summed E-state index contributed by atoms with van der Waals surface area (Å²) in [6.45, 7) is 19.4. The highest BCUT2D eigenvalue weighted by molar-refractivity contribution is 8.13. The smallest absolute Gasteiger partial charge is 0.367 e. The number of fused-ring (bicyclic) bond motifs is 8. The predicted molar refractivity (Wildman–Crippen MR) is 373 cm³/mol. The number of hydrogen-bond donors (Lipinski definition) is 3. The molecule has 0 amide bonds. The summed E-state index contributed by atoms with van der Waals surface area (Å²) in [5.74, 6) is 1.10. The molecule has 0 radical (unpaired) electrons. The summed E-state index contributed by atoms with van der Waals surface area (Å²) in [6, 6.07) is 22.4. The highest BCUT2D eigenvalue weighted by Gasteiger charge is 2.47. The molecule has 98 heavy (non-hydrogen) atoms. The van der Waals surface area contributed by atoms with Crippen LogP contribution in [0.25, 0.3) is 42.2 Å². The number of benzene rings is 2. The Kier molecular flexibility index (Phi) is 21.7. The second-order valence-electron chi connectivity index (χ2n) is 26.2. The van der Waals surface area contributed by atoms with Crippen molar-refractivity contribution >= 4 is 118 Å². The Morgan fingerprint density at radius 3 is 1.51 bits per heavy atom. The molecule has 6 aliphatic rings. The van der Waals surface area contributed by atoms with Gasteiger partial charge in [-0.05, 0) is 111 Å². The highest BCUT2D eigenvalue weighted by atomic mass is 35.7. The maximum absolute atomic E-state index is 12.9. The first-order chi connectivity index (χ1) is 46.7. The lowest BCUT2D eigenvalue weighted by molar-refractivity contribution is -0.127. The van der Waals surface area contributed by atoms with E-state index in [0.717, 1.165) is 165 Å². The lowest BCUT2D eigenvalue weighted by Gasteiger charge is -2.33. The van der Waals surface area contributed by atoms with Crippen LogP contribution in [0.5, 0.6) is 0 Å². The van der Waals surface area contributed by atoms with Crippen molar-refractivity contribution in [1.82, 2.24) is 58.3 Å². The predicted octanol–water partition coefficient (Wildman–Crippen LogP) is 11.1. The number of nitriles is 2. The average Bonchev–Trinajstić information content (AvgIpc) is 1.62. The van der Waals surface area contributed by atoms with Crippen LogP contribution in [0.4, 0.5) is 38.0 Å². The van der Waals surface area contributed by atoms with Crippen LogP contribution < -0.4 is 16.0 Å². The number of nitrogens with one attached hydrogen (secondary N) is 3. The first-order valence-corrected chi connectivity index (χ1v) is 38.8. The molecule has 6 saturated heterocycles. The van der Waals surface area contributed by atoms with Crippen molar-refractivity contribution in [2.75, 3.05) is 87.7 Å². The van der Waals surface area contributed by atoms with E-state index in [1.54, 1.807) is 16.4 Å². The summed E-state index contributed by atoms with van der Waals surface area (Å²) in [5.41, 5.74) is 8.37. The van der Waals surface area contributed by atoms with Crippen molar-refractivity contribution in [3.05, 3.63) is 117 Å². The van der Waals surface area contributed by atoms with Gasteiger partial charge >= 0.3 is 12.4 Å². The molecule has 6 aliphatic heterocycles. The van der Waals surface area contributed by atoms with Gasteiger partial charge in [-0.15, -0.1) is 34.3 Å². The number of anilines is 2. The number of rotatable bonds is 20. The zero-order valence-corrected chi connectivity index (χ0v) is 58.9. The highest BCUT2D eigenvalue weighted by Crippen LogP contribution is 2.38. The molecule has 0 saturated carbocycles. The lowest BCUT2D eigenvalue weighted by Crippen LogP contribution is -2.48. The number of halogens is 8. The van der Waals surface area contributed by atoms with Gasteiger partial charge in [0.1, 0.15) is 57.5 Å². The molecule has 4 unspecified atom stereocenters. The normalized spacial score (nSPS) is 20.9.